The van der Waals surface area contributed by atoms with Crippen molar-refractivity contribution in [2.45, 2.75) is 13.0 Å². The van der Waals surface area contributed by atoms with Crippen LogP contribution >= 0.6 is 23.6 Å². The summed E-state index contributed by atoms with van der Waals surface area (Å²) in [6.07, 6.45) is 4.50. The van der Waals surface area contributed by atoms with Gasteiger partial charge in [-0.05, 0) is 53.2 Å². The largest absolute Gasteiger partial charge is 0.300 e. The number of aromatic amines is 1. The van der Waals surface area contributed by atoms with Crippen molar-refractivity contribution >= 4 is 23.6 Å². The van der Waals surface area contributed by atoms with E-state index in [1.165, 1.54) is 5.56 Å². The quantitative estimate of drug-likeness (QED) is 0.749. The van der Waals surface area contributed by atoms with Gasteiger partial charge in [0.25, 0.3) is 0 Å². The lowest BCUT2D eigenvalue weighted by Crippen LogP contribution is -2.03. The number of hydrogen-bond donors (Lipinski definition) is 1. The topological polar surface area (TPSA) is 46.5 Å². The molecular weight excluding hydrogens is 276 g/mol. The number of nitrogens with zero attached hydrogens (tertiary/aromatic N) is 3. The lowest BCUT2D eigenvalue weighted by molar-refractivity contribution is 0.692. The third kappa shape index (κ3) is 2.64. The number of thiophene rings is 1. The van der Waals surface area contributed by atoms with Gasteiger partial charge in [0, 0.05) is 24.5 Å². The molecule has 0 radical (unpaired) electrons. The van der Waals surface area contributed by atoms with E-state index in [2.05, 4.69) is 32.0 Å². The maximum atomic E-state index is 5.29. The first-order valence-corrected chi connectivity index (χ1v) is 7.26. The lowest BCUT2D eigenvalue weighted by atomic mass is 10.2. The molecule has 4 nitrogen and oxygen atoms in total. The molecule has 1 N–H and O–H groups in total. The average Bonchev–Trinajstić information content (AvgIpc) is 3.07. The zero-order valence-electron chi connectivity index (χ0n) is 10.1. The molecule has 3 heterocycles. The highest BCUT2D eigenvalue weighted by Crippen LogP contribution is 2.16. The third-order valence-electron chi connectivity index (χ3n) is 2.88. The van der Waals surface area contributed by atoms with E-state index < -0.39 is 0 Å². The monoisotopic (exact) mass is 288 g/mol. The zero-order valence-corrected chi connectivity index (χ0v) is 11.7. The van der Waals surface area contributed by atoms with E-state index in [9.17, 15) is 0 Å². The van der Waals surface area contributed by atoms with Crippen molar-refractivity contribution in [2.75, 3.05) is 0 Å². The van der Waals surface area contributed by atoms with E-state index in [1.54, 1.807) is 23.7 Å². The highest BCUT2D eigenvalue weighted by Gasteiger charge is 2.08. The highest BCUT2D eigenvalue weighted by atomic mass is 32.1. The number of H-pyrrole nitrogens is 1. The molecular formula is C13H12N4S2. The molecule has 0 saturated carbocycles. The van der Waals surface area contributed by atoms with Crippen LogP contribution in [0.4, 0.5) is 0 Å². The Hall–Kier alpha value is -1.79. The van der Waals surface area contributed by atoms with Crippen molar-refractivity contribution in [1.29, 1.82) is 0 Å². The van der Waals surface area contributed by atoms with Crippen LogP contribution in [-0.4, -0.2) is 19.7 Å². The second-order valence-electron chi connectivity index (χ2n) is 4.13. The summed E-state index contributed by atoms with van der Waals surface area (Å²) < 4.78 is 2.67. The van der Waals surface area contributed by atoms with Gasteiger partial charge in [-0.1, -0.05) is 0 Å². The molecule has 6 heteroatoms. The summed E-state index contributed by atoms with van der Waals surface area (Å²) in [4.78, 5) is 4.12. The van der Waals surface area contributed by atoms with E-state index in [1.807, 2.05) is 16.7 Å². The Kier molecular flexibility index (Phi) is 3.52. The summed E-state index contributed by atoms with van der Waals surface area (Å²) in [5, 5.41) is 11.4. The molecule has 0 aliphatic heterocycles. The number of nitrogens with one attached hydrogen (secondary N) is 1. The molecule has 3 aromatic heterocycles. The van der Waals surface area contributed by atoms with Crippen LogP contribution in [0.2, 0.25) is 0 Å². The summed E-state index contributed by atoms with van der Waals surface area (Å²) >= 11 is 7.01. The van der Waals surface area contributed by atoms with E-state index >= 15 is 0 Å². The summed E-state index contributed by atoms with van der Waals surface area (Å²) in [7, 11) is 0. The van der Waals surface area contributed by atoms with Gasteiger partial charge in [0.05, 0.1) is 0 Å². The second-order valence-corrected chi connectivity index (χ2v) is 5.29. The number of pyridine rings is 1. The number of rotatable bonds is 4. The van der Waals surface area contributed by atoms with Crippen molar-refractivity contribution < 1.29 is 0 Å². The Morgan fingerprint density at radius 1 is 1.37 bits per heavy atom. The molecule has 0 aliphatic carbocycles. The Morgan fingerprint density at radius 3 is 3.05 bits per heavy atom. The van der Waals surface area contributed by atoms with Crippen LogP contribution < -0.4 is 0 Å². The molecule has 0 bridgehead atoms. The summed E-state index contributed by atoms with van der Waals surface area (Å²) in [5.41, 5.74) is 2.30. The van der Waals surface area contributed by atoms with E-state index in [0.717, 1.165) is 24.4 Å². The van der Waals surface area contributed by atoms with E-state index in [4.69, 9.17) is 12.2 Å². The van der Waals surface area contributed by atoms with Crippen LogP contribution in [0.25, 0.3) is 11.4 Å². The van der Waals surface area contributed by atoms with Crippen molar-refractivity contribution in [3.8, 4) is 11.4 Å². The molecule has 96 valence electrons. The predicted molar refractivity (Wildman–Crippen MR) is 78.7 cm³/mol. The molecule has 0 atom stereocenters. The maximum Gasteiger partial charge on any atom is 0.195 e. The summed E-state index contributed by atoms with van der Waals surface area (Å²) in [6.45, 7) is 0.816. The van der Waals surface area contributed by atoms with Crippen LogP contribution in [0.3, 0.4) is 0 Å². The predicted octanol–water partition coefficient (Wildman–Crippen LogP) is 3.31. The lowest BCUT2D eigenvalue weighted by Gasteiger charge is -2.05. The zero-order chi connectivity index (χ0) is 13.1. The number of hydrogen-bond acceptors (Lipinski definition) is 4. The van der Waals surface area contributed by atoms with Gasteiger partial charge in [0.15, 0.2) is 10.6 Å². The SMILES string of the molecule is S=c1[nH]nc(-c2cccnc2)n1CCc1ccsc1. The number of aromatic nitrogens is 4. The normalized spacial score (nSPS) is 10.7. The van der Waals surface area contributed by atoms with E-state index in [-0.39, 0.29) is 0 Å². The Labute approximate surface area is 119 Å². The van der Waals surface area contributed by atoms with Gasteiger partial charge in [0.2, 0.25) is 0 Å². The Morgan fingerprint density at radius 2 is 2.32 bits per heavy atom. The minimum absolute atomic E-state index is 0.647. The first-order valence-electron chi connectivity index (χ1n) is 5.91. The van der Waals surface area contributed by atoms with Gasteiger partial charge >= 0.3 is 0 Å². The Bertz CT molecular complexity index is 698. The fourth-order valence-corrected chi connectivity index (χ4v) is 2.84. The Balaban J connectivity index is 1.89. The smallest absolute Gasteiger partial charge is 0.195 e. The summed E-state index contributed by atoms with van der Waals surface area (Å²) in [5.74, 6) is 0.841. The standard InChI is InChI=1S/C13H12N4S2/c18-13-16-15-12(11-2-1-5-14-8-11)17(13)6-3-10-4-7-19-9-10/h1-2,4-5,7-9H,3,6H2,(H,16,18). The minimum atomic E-state index is 0.647. The molecule has 19 heavy (non-hydrogen) atoms. The van der Waals surface area contributed by atoms with Gasteiger partial charge in [-0.15, -0.1) is 0 Å². The van der Waals surface area contributed by atoms with Crippen LogP contribution in [0, 0.1) is 4.77 Å². The second kappa shape index (κ2) is 5.46. The highest BCUT2D eigenvalue weighted by molar-refractivity contribution is 7.71. The fourth-order valence-electron chi connectivity index (χ4n) is 1.92. The summed E-state index contributed by atoms with van der Waals surface area (Å²) in [6, 6.07) is 6.02. The van der Waals surface area contributed by atoms with E-state index in [0.29, 0.717) is 4.77 Å². The molecule has 3 rings (SSSR count). The minimum Gasteiger partial charge on any atom is -0.300 e. The molecule has 0 amide bonds. The van der Waals surface area contributed by atoms with Crippen LogP contribution in [0.5, 0.6) is 0 Å². The molecule has 0 aromatic carbocycles. The molecule has 0 aliphatic rings. The van der Waals surface area contributed by atoms with Gasteiger partial charge < -0.3 is 0 Å². The molecule has 0 spiro atoms. The van der Waals surface area contributed by atoms with Crippen LogP contribution in [0.15, 0.2) is 41.4 Å². The fraction of sp³-hybridized carbons (Fsp3) is 0.154. The third-order valence-corrected chi connectivity index (χ3v) is 3.93. The molecule has 0 saturated heterocycles. The van der Waals surface area contributed by atoms with Gasteiger partial charge in [-0.3, -0.25) is 14.6 Å². The first kappa shape index (κ1) is 12.3. The van der Waals surface area contributed by atoms with Crippen molar-refractivity contribution in [3.63, 3.8) is 0 Å². The van der Waals surface area contributed by atoms with Crippen molar-refractivity contribution in [2.24, 2.45) is 0 Å². The van der Waals surface area contributed by atoms with Crippen LogP contribution in [-0.2, 0) is 13.0 Å². The average molecular weight is 288 g/mol. The van der Waals surface area contributed by atoms with Gasteiger partial charge in [0.1, 0.15) is 0 Å². The molecule has 0 fully saturated rings. The van der Waals surface area contributed by atoms with Gasteiger partial charge in [-0.2, -0.15) is 16.4 Å². The molecule has 0 unspecified atom stereocenters. The molecule has 3 aromatic rings. The number of aryl methyl sites for hydroxylation is 1. The van der Waals surface area contributed by atoms with Crippen LogP contribution in [0.1, 0.15) is 5.56 Å². The van der Waals surface area contributed by atoms with Crippen molar-refractivity contribution in [3.05, 3.63) is 51.7 Å². The van der Waals surface area contributed by atoms with Crippen molar-refractivity contribution in [1.82, 2.24) is 19.7 Å². The maximum absolute atomic E-state index is 5.29. The first-order chi connectivity index (χ1) is 9.34. The van der Waals surface area contributed by atoms with Gasteiger partial charge in [-0.25, -0.2) is 0 Å².